The number of aliphatic carboxylic acids is 1. The number of carboxylic acids is 1. The molecule has 0 saturated heterocycles. The molecule has 1 aliphatic rings. The zero-order chi connectivity index (χ0) is 28.6. The van der Waals surface area contributed by atoms with Crippen LogP contribution in [-0.2, 0) is 20.9 Å². The summed E-state index contributed by atoms with van der Waals surface area (Å²) < 4.78 is 5.48. The van der Waals surface area contributed by atoms with E-state index >= 15 is 0 Å². The number of nitrogens with zero attached hydrogens (tertiary/aromatic N) is 4. The maximum Gasteiger partial charge on any atom is 0.407 e. The van der Waals surface area contributed by atoms with Crippen LogP contribution in [0, 0.1) is 0 Å². The minimum absolute atomic E-state index is 0.0824. The standard InChI is InChI=1S/C30H30N6O5/c37-27(18-36-34-28(33-35-36)20-10-2-1-3-11-20)31-17-9-8-16-26(29(38)39)32-30(40)41-19-25-23-14-6-4-12-21(23)22-13-5-7-15-24(22)25/h1-7,10-15,25-26H,8-9,16-19H2,(H,31,37)(H,32,40)(H,38,39). The highest BCUT2D eigenvalue weighted by atomic mass is 16.5. The number of ether oxygens (including phenoxy) is 1. The number of amides is 2. The second-order valence-corrected chi connectivity index (χ2v) is 9.72. The molecule has 4 aromatic rings. The van der Waals surface area contributed by atoms with E-state index in [1.165, 1.54) is 4.80 Å². The molecule has 11 heteroatoms. The number of aromatic nitrogens is 4. The Balaban J connectivity index is 1.03. The highest BCUT2D eigenvalue weighted by Crippen LogP contribution is 2.44. The van der Waals surface area contributed by atoms with Crippen LogP contribution < -0.4 is 10.6 Å². The molecule has 3 aromatic carbocycles. The summed E-state index contributed by atoms with van der Waals surface area (Å²) in [4.78, 5) is 37.7. The van der Waals surface area contributed by atoms with Gasteiger partial charge in [-0.1, -0.05) is 78.9 Å². The number of carboxylic acid groups (broad SMARTS) is 1. The molecule has 11 nitrogen and oxygen atoms in total. The molecule has 1 atom stereocenters. The lowest BCUT2D eigenvalue weighted by molar-refractivity contribution is -0.139. The van der Waals surface area contributed by atoms with E-state index in [2.05, 4.69) is 26.0 Å². The van der Waals surface area contributed by atoms with Gasteiger partial charge < -0.3 is 20.5 Å². The van der Waals surface area contributed by atoms with E-state index in [0.717, 1.165) is 27.8 Å². The fourth-order valence-corrected chi connectivity index (χ4v) is 4.94. The Labute approximate surface area is 236 Å². The van der Waals surface area contributed by atoms with Gasteiger partial charge in [0, 0.05) is 18.0 Å². The number of nitrogens with one attached hydrogen (secondary N) is 2. The molecule has 0 bridgehead atoms. The first-order chi connectivity index (χ1) is 20.0. The Morgan fingerprint density at radius 1 is 0.902 bits per heavy atom. The van der Waals surface area contributed by atoms with Crippen molar-refractivity contribution in [1.29, 1.82) is 0 Å². The van der Waals surface area contributed by atoms with Gasteiger partial charge in [-0.05, 0) is 46.7 Å². The van der Waals surface area contributed by atoms with E-state index in [-0.39, 0.29) is 31.4 Å². The molecule has 0 saturated carbocycles. The van der Waals surface area contributed by atoms with Gasteiger partial charge in [-0.25, -0.2) is 9.59 Å². The van der Waals surface area contributed by atoms with Crippen LogP contribution in [0.15, 0.2) is 78.9 Å². The molecule has 2 amide bonds. The normalized spacial score (nSPS) is 12.7. The van der Waals surface area contributed by atoms with Crippen molar-refractivity contribution in [3.8, 4) is 22.5 Å². The molecule has 0 radical (unpaired) electrons. The number of carbonyl (C=O) groups is 3. The number of hydrogen-bond donors (Lipinski definition) is 3. The zero-order valence-electron chi connectivity index (χ0n) is 22.3. The SMILES string of the molecule is O=C(Cn1nnc(-c2ccccc2)n1)NCCCCC(NC(=O)OCC1c2ccccc2-c2ccccc21)C(=O)O. The first-order valence-electron chi connectivity index (χ1n) is 13.4. The zero-order valence-corrected chi connectivity index (χ0v) is 22.3. The molecule has 41 heavy (non-hydrogen) atoms. The Kier molecular flexibility index (Phi) is 8.63. The molecular formula is C30H30N6O5. The quantitative estimate of drug-likeness (QED) is 0.225. The van der Waals surface area contributed by atoms with E-state index in [4.69, 9.17) is 4.74 Å². The summed E-state index contributed by atoms with van der Waals surface area (Å²) in [7, 11) is 0. The van der Waals surface area contributed by atoms with E-state index in [1.54, 1.807) is 0 Å². The number of tetrazole rings is 1. The summed E-state index contributed by atoms with van der Waals surface area (Å²) in [6, 6.07) is 24.2. The van der Waals surface area contributed by atoms with E-state index in [1.807, 2.05) is 78.9 Å². The molecule has 1 aliphatic carbocycles. The summed E-state index contributed by atoms with van der Waals surface area (Å²) in [5.41, 5.74) is 5.19. The summed E-state index contributed by atoms with van der Waals surface area (Å²) in [6.45, 7) is 0.364. The molecule has 1 heterocycles. The first kappa shape index (κ1) is 27.5. The van der Waals surface area contributed by atoms with Crippen LogP contribution in [-0.4, -0.2) is 62.5 Å². The predicted molar refractivity (Wildman–Crippen MR) is 150 cm³/mol. The van der Waals surface area contributed by atoms with Crippen LogP contribution in [0.25, 0.3) is 22.5 Å². The van der Waals surface area contributed by atoms with Crippen LogP contribution in [0.5, 0.6) is 0 Å². The van der Waals surface area contributed by atoms with E-state index in [0.29, 0.717) is 25.2 Å². The highest BCUT2D eigenvalue weighted by Gasteiger charge is 2.29. The largest absolute Gasteiger partial charge is 0.480 e. The lowest BCUT2D eigenvalue weighted by Gasteiger charge is -2.17. The van der Waals surface area contributed by atoms with Crippen molar-refractivity contribution in [2.24, 2.45) is 0 Å². The van der Waals surface area contributed by atoms with Crippen molar-refractivity contribution in [1.82, 2.24) is 30.8 Å². The second-order valence-electron chi connectivity index (χ2n) is 9.72. The lowest BCUT2D eigenvalue weighted by atomic mass is 9.98. The van der Waals surface area contributed by atoms with Crippen molar-refractivity contribution >= 4 is 18.0 Å². The van der Waals surface area contributed by atoms with Gasteiger partial charge in [0.1, 0.15) is 19.2 Å². The minimum Gasteiger partial charge on any atom is -0.480 e. The Bertz CT molecular complexity index is 1480. The van der Waals surface area contributed by atoms with Gasteiger partial charge in [-0.15, -0.1) is 10.2 Å². The number of unbranched alkanes of at least 4 members (excludes halogenated alkanes) is 1. The van der Waals surface area contributed by atoms with Gasteiger partial charge in [0.25, 0.3) is 0 Å². The molecule has 210 valence electrons. The third-order valence-corrected chi connectivity index (χ3v) is 6.95. The lowest BCUT2D eigenvalue weighted by Crippen LogP contribution is -2.41. The average Bonchev–Trinajstić information content (AvgIpc) is 3.58. The molecule has 3 N–H and O–H groups in total. The van der Waals surface area contributed by atoms with Gasteiger partial charge in [0.2, 0.25) is 11.7 Å². The van der Waals surface area contributed by atoms with Gasteiger partial charge in [0.05, 0.1) is 0 Å². The molecule has 1 aromatic heterocycles. The van der Waals surface area contributed by atoms with E-state index in [9.17, 15) is 19.5 Å². The molecule has 5 rings (SSSR count). The highest BCUT2D eigenvalue weighted by molar-refractivity contribution is 5.81. The second kappa shape index (κ2) is 12.9. The number of benzene rings is 3. The Morgan fingerprint density at radius 2 is 1.56 bits per heavy atom. The van der Waals surface area contributed by atoms with Gasteiger partial charge >= 0.3 is 12.1 Å². The maximum absolute atomic E-state index is 12.5. The van der Waals surface area contributed by atoms with Crippen LogP contribution in [0.1, 0.15) is 36.3 Å². The summed E-state index contributed by atoms with van der Waals surface area (Å²) >= 11 is 0. The Hall–Kier alpha value is -5.06. The average molecular weight is 555 g/mol. The summed E-state index contributed by atoms with van der Waals surface area (Å²) in [5, 5.41) is 26.9. The van der Waals surface area contributed by atoms with Crippen LogP contribution in [0.2, 0.25) is 0 Å². The first-order valence-corrected chi connectivity index (χ1v) is 13.4. The van der Waals surface area contributed by atoms with Crippen molar-refractivity contribution in [2.45, 2.75) is 37.8 Å². The van der Waals surface area contributed by atoms with E-state index < -0.39 is 18.1 Å². The molecule has 0 aliphatic heterocycles. The van der Waals surface area contributed by atoms with Crippen LogP contribution in [0.3, 0.4) is 0 Å². The fourth-order valence-electron chi connectivity index (χ4n) is 4.94. The van der Waals surface area contributed by atoms with Crippen LogP contribution in [0.4, 0.5) is 4.79 Å². The summed E-state index contributed by atoms with van der Waals surface area (Å²) in [5.74, 6) is -1.11. The maximum atomic E-state index is 12.5. The molecule has 1 unspecified atom stereocenters. The predicted octanol–water partition coefficient (Wildman–Crippen LogP) is 3.62. The van der Waals surface area contributed by atoms with Crippen molar-refractivity contribution in [3.05, 3.63) is 90.0 Å². The van der Waals surface area contributed by atoms with Gasteiger partial charge in [0.15, 0.2) is 0 Å². The van der Waals surface area contributed by atoms with Crippen molar-refractivity contribution < 1.29 is 24.2 Å². The third kappa shape index (κ3) is 6.75. The number of hydrogen-bond acceptors (Lipinski definition) is 7. The molecule has 0 fully saturated rings. The number of fused-ring (bicyclic) bond motifs is 3. The van der Waals surface area contributed by atoms with Crippen molar-refractivity contribution in [2.75, 3.05) is 13.2 Å². The number of carbonyl (C=O) groups excluding carboxylic acids is 2. The van der Waals surface area contributed by atoms with Crippen LogP contribution >= 0.6 is 0 Å². The summed E-state index contributed by atoms with van der Waals surface area (Å²) in [6.07, 6.45) is 0.422. The van der Waals surface area contributed by atoms with Gasteiger partial charge in [-0.3, -0.25) is 4.79 Å². The number of alkyl carbamates (subject to hydrolysis) is 1. The minimum atomic E-state index is -1.14. The molecular weight excluding hydrogens is 524 g/mol. The third-order valence-electron chi connectivity index (χ3n) is 6.95. The van der Waals surface area contributed by atoms with Gasteiger partial charge in [-0.2, -0.15) is 4.80 Å². The smallest absolute Gasteiger partial charge is 0.407 e. The molecule has 0 spiro atoms. The monoisotopic (exact) mass is 554 g/mol. The number of rotatable bonds is 12. The fraction of sp³-hybridized carbons (Fsp3) is 0.267. The topological polar surface area (TPSA) is 148 Å². The van der Waals surface area contributed by atoms with Crippen molar-refractivity contribution in [3.63, 3.8) is 0 Å². The Morgan fingerprint density at radius 3 is 2.24 bits per heavy atom.